The Bertz CT molecular complexity index is 443. The fourth-order valence-corrected chi connectivity index (χ4v) is 3.62. The van der Waals surface area contributed by atoms with E-state index in [2.05, 4.69) is 10.6 Å². The highest BCUT2D eigenvalue weighted by molar-refractivity contribution is 8.01. The van der Waals surface area contributed by atoms with Crippen LogP contribution in [0.2, 0.25) is 0 Å². The summed E-state index contributed by atoms with van der Waals surface area (Å²) in [5.41, 5.74) is 6.52. The number of hydrogen-bond donors (Lipinski definition) is 3. The van der Waals surface area contributed by atoms with Crippen molar-refractivity contribution < 1.29 is 9.59 Å². The number of rotatable bonds is 4. The molecule has 0 aliphatic carbocycles. The lowest BCUT2D eigenvalue weighted by Crippen LogP contribution is -2.21. The Morgan fingerprint density at radius 1 is 1.29 bits per heavy atom. The molecule has 1 aromatic rings. The van der Waals surface area contributed by atoms with Gasteiger partial charge in [0.15, 0.2) is 0 Å². The van der Waals surface area contributed by atoms with Gasteiger partial charge in [0.05, 0.1) is 15.5 Å². The van der Waals surface area contributed by atoms with Gasteiger partial charge in [0.2, 0.25) is 0 Å². The molecule has 0 atom stereocenters. The Morgan fingerprint density at radius 2 is 1.88 bits per heavy atom. The first-order valence-electron chi connectivity index (χ1n) is 5.06. The largest absolute Gasteiger partial charge is 0.397 e. The van der Waals surface area contributed by atoms with Crippen LogP contribution >= 0.6 is 23.1 Å². The first-order valence-corrected chi connectivity index (χ1v) is 6.86. The van der Waals surface area contributed by atoms with Crippen molar-refractivity contribution in [2.24, 2.45) is 0 Å². The summed E-state index contributed by atoms with van der Waals surface area (Å²) >= 11 is 2.76. The summed E-state index contributed by atoms with van der Waals surface area (Å²) in [7, 11) is 3.08. The summed E-state index contributed by atoms with van der Waals surface area (Å²) < 4.78 is 0.781. The molecule has 0 aromatic carbocycles. The SMILES string of the molecule is CCSc1sc(C(=O)NC)c(N)c1C(=O)NC. The van der Waals surface area contributed by atoms with Gasteiger partial charge in [-0.3, -0.25) is 9.59 Å². The standard InChI is InChI=1S/C10H15N3O2S2/c1-4-16-10-5(8(14)12-2)6(11)7(17-10)9(15)13-3/h4,11H2,1-3H3,(H,12,14)(H,13,15). The number of hydrogen-bond acceptors (Lipinski definition) is 5. The predicted molar refractivity (Wildman–Crippen MR) is 71.9 cm³/mol. The third kappa shape index (κ3) is 2.73. The van der Waals surface area contributed by atoms with Crippen molar-refractivity contribution in [2.45, 2.75) is 11.1 Å². The molecule has 0 aliphatic heterocycles. The molecule has 2 amide bonds. The fourth-order valence-electron chi connectivity index (χ4n) is 1.28. The average Bonchev–Trinajstić information content (AvgIpc) is 2.65. The molecule has 94 valence electrons. The van der Waals surface area contributed by atoms with Crippen LogP contribution < -0.4 is 16.4 Å². The van der Waals surface area contributed by atoms with E-state index in [1.54, 1.807) is 7.05 Å². The first-order chi connectivity index (χ1) is 8.06. The topological polar surface area (TPSA) is 84.2 Å². The van der Waals surface area contributed by atoms with Crippen LogP contribution in [-0.4, -0.2) is 31.7 Å². The van der Waals surface area contributed by atoms with E-state index in [4.69, 9.17) is 5.73 Å². The van der Waals surface area contributed by atoms with Gasteiger partial charge < -0.3 is 16.4 Å². The molecule has 0 unspecified atom stereocenters. The van der Waals surface area contributed by atoms with Crippen LogP contribution in [0.25, 0.3) is 0 Å². The van der Waals surface area contributed by atoms with E-state index < -0.39 is 0 Å². The van der Waals surface area contributed by atoms with E-state index in [-0.39, 0.29) is 17.5 Å². The van der Waals surface area contributed by atoms with Crippen molar-refractivity contribution in [2.75, 3.05) is 25.6 Å². The molecule has 0 aliphatic rings. The zero-order valence-electron chi connectivity index (χ0n) is 9.92. The van der Waals surface area contributed by atoms with Gasteiger partial charge in [0.25, 0.3) is 11.8 Å². The molecule has 1 heterocycles. The van der Waals surface area contributed by atoms with Gasteiger partial charge in [-0.1, -0.05) is 6.92 Å². The van der Waals surface area contributed by atoms with Crippen molar-refractivity contribution >= 4 is 40.6 Å². The molecule has 0 radical (unpaired) electrons. The molecule has 0 bridgehead atoms. The molecular formula is C10H15N3O2S2. The van der Waals surface area contributed by atoms with E-state index in [0.717, 1.165) is 9.96 Å². The Labute approximate surface area is 108 Å². The number of nitrogens with one attached hydrogen (secondary N) is 2. The number of thioether (sulfide) groups is 1. The van der Waals surface area contributed by atoms with E-state index >= 15 is 0 Å². The highest BCUT2D eigenvalue weighted by atomic mass is 32.2. The summed E-state index contributed by atoms with van der Waals surface area (Å²) in [5, 5.41) is 5.05. The van der Waals surface area contributed by atoms with Crippen LogP contribution in [0.3, 0.4) is 0 Å². The average molecular weight is 273 g/mol. The number of amides is 2. The molecule has 0 saturated heterocycles. The van der Waals surface area contributed by atoms with Crippen molar-refractivity contribution in [3.63, 3.8) is 0 Å². The minimum Gasteiger partial charge on any atom is -0.397 e. The number of carbonyl (C=O) groups is 2. The molecule has 7 heteroatoms. The number of nitrogen functional groups attached to an aromatic ring is 1. The highest BCUT2D eigenvalue weighted by Crippen LogP contribution is 2.38. The number of anilines is 1. The number of thiophene rings is 1. The molecule has 0 fully saturated rings. The third-order valence-corrected chi connectivity index (χ3v) is 4.43. The van der Waals surface area contributed by atoms with Crippen LogP contribution in [0, 0.1) is 0 Å². The van der Waals surface area contributed by atoms with Gasteiger partial charge in [-0.15, -0.1) is 23.1 Å². The summed E-state index contributed by atoms with van der Waals surface area (Å²) in [6.07, 6.45) is 0. The summed E-state index contributed by atoms with van der Waals surface area (Å²) in [6, 6.07) is 0. The third-order valence-electron chi connectivity index (χ3n) is 2.08. The Hall–Kier alpha value is -1.21. The second kappa shape index (κ2) is 5.92. The van der Waals surface area contributed by atoms with Crippen molar-refractivity contribution in [3.05, 3.63) is 10.4 Å². The summed E-state index contributed by atoms with van der Waals surface area (Å²) in [6.45, 7) is 1.98. The quantitative estimate of drug-likeness (QED) is 0.719. The van der Waals surface area contributed by atoms with Crippen LogP contribution in [0.5, 0.6) is 0 Å². The Kier molecular flexibility index (Phi) is 4.83. The van der Waals surface area contributed by atoms with Crippen LogP contribution in [0.15, 0.2) is 4.21 Å². The Balaban J connectivity index is 3.29. The maximum absolute atomic E-state index is 11.7. The van der Waals surface area contributed by atoms with E-state index in [1.807, 2.05) is 6.92 Å². The maximum Gasteiger partial charge on any atom is 0.263 e. The number of carbonyl (C=O) groups excluding carboxylic acids is 2. The zero-order chi connectivity index (χ0) is 13.0. The maximum atomic E-state index is 11.7. The van der Waals surface area contributed by atoms with Gasteiger partial charge in [-0.2, -0.15) is 0 Å². The van der Waals surface area contributed by atoms with E-state index in [0.29, 0.717) is 10.4 Å². The van der Waals surface area contributed by atoms with Crippen molar-refractivity contribution in [1.82, 2.24) is 10.6 Å². The second-order valence-corrected chi connectivity index (χ2v) is 5.65. The van der Waals surface area contributed by atoms with Gasteiger partial charge >= 0.3 is 0 Å². The monoisotopic (exact) mass is 273 g/mol. The van der Waals surface area contributed by atoms with Crippen LogP contribution in [0.4, 0.5) is 5.69 Å². The fraction of sp³-hybridized carbons (Fsp3) is 0.400. The molecule has 17 heavy (non-hydrogen) atoms. The van der Waals surface area contributed by atoms with Crippen LogP contribution in [-0.2, 0) is 0 Å². The predicted octanol–water partition coefficient (Wildman–Crippen LogP) is 1.16. The van der Waals surface area contributed by atoms with E-state index in [9.17, 15) is 9.59 Å². The summed E-state index contributed by atoms with van der Waals surface area (Å²) in [5.74, 6) is 0.294. The Morgan fingerprint density at radius 3 is 2.35 bits per heavy atom. The molecule has 1 rings (SSSR count). The molecule has 5 nitrogen and oxygen atoms in total. The normalized spacial score (nSPS) is 10.1. The van der Waals surface area contributed by atoms with Crippen molar-refractivity contribution in [3.8, 4) is 0 Å². The molecular weight excluding hydrogens is 258 g/mol. The van der Waals surface area contributed by atoms with E-state index in [1.165, 1.54) is 30.1 Å². The van der Waals surface area contributed by atoms with Gasteiger partial charge in [-0.05, 0) is 5.75 Å². The lowest BCUT2D eigenvalue weighted by molar-refractivity contribution is 0.0960. The van der Waals surface area contributed by atoms with Gasteiger partial charge in [-0.25, -0.2) is 0 Å². The summed E-state index contributed by atoms with van der Waals surface area (Å²) in [4.78, 5) is 23.7. The molecule has 0 spiro atoms. The zero-order valence-corrected chi connectivity index (χ0v) is 11.6. The smallest absolute Gasteiger partial charge is 0.263 e. The van der Waals surface area contributed by atoms with Crippen molar-refractivity contribution in [1.29, 1.82) is 0 Å². The molecule has 4 N–H and O–H groups in total. The molecule has 0 saturated carbocycles. The first kappa shape index (κ1) is 13.9. The van der Waals surface area contributed by atoms with Crippen LogP contribution in [0.1, 0.15) is 27.0 Å². The van der Waals surface area contributed by atoms with Gasteiger partial charge in [0.1, 0.15) is 4.88 Å². The lowest BCUT2D eigenvalue weighted by Gasteiger charge is -2.02. The lowest BCUT2D eigenvalue weighted by atomic mass is 10.2. The minimum absolute atomic E-state index is 0.254. The van der Waals surface area contributed by atoms with Gasteiger partial charge in [0, 0.05) is 14.1 Å². The molecule has 1 aromatic heterocycles. The minimum atomic E-state index is -0.263. The second-order valence-electron chi connectivity index (χ2n) is 3.10. The highest BCUT2D eigenvalue weighted by Gasteiger charge is 2.24. The number of nitrogens with two attached hydrogens (primary N) is 1.